The molecular formula is C15H15ClN2O. The van der Waals surface area contributed by atoms with Crippen molar-refractivity contribution in [2.24, 2.45) is 0 Å². The predicted molar refractivity (Wildman–Crippen MR) is 79.7 cm³/mol. The first-order chi connectivity index (χ1) is 8.99. The monoisotopic (exact) mass is 274 g/mol. The van der Waals surface area contributed by atoms with Crippen LogP contribution in [0.3, 0.4) is 0 Å². The Morgan fingerprint density at radius 3 is 2.47 bits per heavy atom. The standard InChI is InChI=1S/C15H15ClN2O/c1-9-5-3-4-6-12(9)15(19)18-14-10(2)7-11(17)8-13(14)16/h3-8H,17H2,1-2H3,(H,18,19). The summed E-state index contributed by atoms with van der Waals surface area (Å²) in [6.45, 7) is 3.75. The second kappa shape index (κ2) is 5.33. The fraction of sp³-hybridized carbons (Fsp3) is 0.133. The molecule has 3 N–H and O–H groups in total. The zero-order chi connectivity index (χ0) is 14.0. The number of amides is 1. The highest BCUT2D eigenvalue weighted by molar-refractivity contribution is 6.34. The van der Waals surface area contributed by atoms with Crippen molar-refractivity contribution in [1.29, 1.82) is 0 Å². The zero-order valence-corrected chi connectivity index (χ0v) is 11.6. The Bertz CT molecular complexity index is 615. The van der Waals surface area contributed by atoms with E-state index in [1.54, 1.807) is 18.2 Å². The zero-order valence-electron chi connectivity index (χ0n) is 10.8. The number of anilines is 2. The number of nitrogens with two attached hydrogens (primary N) is 1. The van der Waals surface area contributed by atoms with E-state index in [9.17, 15) is 4.79 Å². The van der Waals surface area contributed by atoms with Crippen molar-refractivity contribution < 1.29 is 4.79 Å². The van der Waals surface area contributed by atoms with Gasteiger partial charge in [0.2, 0.25) is 0 Å². The van der Waals surface area contributed by atoms with E-state index < -0.39 is 0 Å². The number of hydrogen-bond donors (Lipinski definition) is 2. The van der Waals surface area contributed by atoms with Gasteiger partial charge in [0.25, 0.3) is 5.91 Å². The van der Waals surface area contributed by atoms with Crippen LogP contribution < -0.4 is 11.1 Å². The lowest BCUT2D eigenvalue weighted by molar-refractivity contribution is 0.102. The molecule has 2 aromatic carbocycles. The molecule has 0 unspecified atom stereocenters. The Morgan fingerprint density at radius 1 is 1.16 bits per heavy atom. The highest BCUT2D eigenvalue weighted by atomic mass is 35.5. The van der Waals surface area contributed by atoms with Crippen LogP contribution in [0.15, 0.2) is 36.4 Å². The topological polar surface area (TPSA) is 55.1 Å². The van der Waals surface area contributed by atoms with E-state index in [4.69, 9.17) is 17.3 Å². The van der Waals surface area contributed by atoms with Gasteiger partial charge in [0, 0.05) is 11.3 Å². The largest absolute Gasteiger partial charge is 0.399 e. The molecule has 0 aliphatic rings. The lowest BCUT2D eigenvalue weighted by Crippen LogP contribution is -2.14. The number of halogens is 1. The molecule has 0 spiro atoms. The van der Waals surface area contributed by atoms with Gasteiger partial charge < -0.3 is 11.1 Å². The van der Waals surface area contributed by atoms with Crippen LogP contribution in [-0.4, -0.2) is 5.91 Å². The van der Waals surface area contributed by atoms with Crippen molar-refractivity contribution in [1.82, 2.24) is 0 Å². The first-order valence-corrected chi connectivity index (χ1v) is 6.29. The van der Waals surface area contributed by atoms with Gasteiger partial charge >= 0.3 is 0 Å². The molecule has 0 atom stereocenters. The van der Waals surface area contributed by atoms with Crippen LogP contribution in [0.5, 0.6) is 0 Å². The average molecular weight is 275 g/mol. The number of nitrogens with one attached hydrogen (secondary N) is 1. The quantitative estimate of drug-likeness (QED) is 0.819. The van der Waals surface area contributed by atoms with Crippen molar-refractivity contribution in [2.45, 2.75) is 13.8 Å². The number of carbonyl (C=O) groups excluding carboxylic acids is 1. The van der Waals surface area contributed by atoms with Gasteiger partial charge in [-0.15, -0.1) is 0 Å². The van der Waals surface area contributed by atoms with E-state index in [1.165, 1.54) is 0 Å². The number of carbonyl (C=O) groups is 1. The van der Waals surface area contributed by atoms with Gasteiger partial charge in [-0.3, -0.25) is 4.79 Å². The molecule has 0 heterocycles. The van der Waals surface area contributed by atoms with Gasteiger partial charge in [-0.2, -0.15) is 0 Å². The van der Waals surface area contributed by atoms with E-state index in [1.807, 2.05) is 32.0 Å². The third-order valence-corrected chi connectivity index (χ3v) is 3.24. The Hall–Kier alpha value is -2.00. The molecule has 1 amide bonds. The van der Waals surface area contributed by atoms with Gasteiger partial charge in [0.15, 0.2) is 0 Å². The molecule has 0 saturated carbocycles. The number of nitrogen functional groups attached to an aromatic ring is 1. The molecule has 0 aromatic heterocycles. The Balaban J connectivity index is 2.32. The minimum absolute atomic E-state index is 0.173. The maximum atomic E-state index is 12.2. The van der Waals surface area contributed by atoms with Crippen molar-refractivity contribution >= 4 is 28.9 Å². The van der Waals surface area contributed by atoms with Crippen LogP contribution >= 0.6 is 11.6 Å². The van der Waals surface area contributed by atoms with E-state index in [-0.39, 0.29) is 5.91 Å². The summed E-state index contributed by atoms with van der Waals surface area (Å²) in [5.41, 5.74) is 9.27. The Morgan fingerprint density at radius 2 is 1.84 bits per heavy atom. The minimum atomic E-state index is -0.173. The van der Waals surface area contributed by atoms with Crippen LogP contribution in [0.2, 0.25) is 5.02 Å². The fourth-order valence-corrected chi connectivity index (χ4v) is 2.26. The summed E-state index contributed by atoms with van der Waals surface area (Å²) >= 11 is 6.11. The van der Waals surface area contributed by atoms with Gasteiger partial charge in [-0.05, 0) is 43.2 Å². The second-order valence-electron chi connectivity index (χ2n) is 4.46. The van der Waals surface area contributed by atoms with E-state index in [2.05, 4.69) is 5.32 Å². The molecule has 2 rings (SSSR count). The Labute approximate surface area is 117 Å². The van der Waals surface area contributed by atoms with Crippen molar-refractivity contribution in [2.75, 3.05) is 11.1 Å². The van der Waals surface area contributed by atoms with E-state index in [0.29, 0.717) is 22.0 Å². The fourth-order valence-electron chi connectivity index (χ4n) is 1.94. The lowest BCUT2D eigenvalue weighted by atomic mass is 10.1. The summed E-state index contributed by atoms with van der Waals surface area (Å²) < 4.78 is 0. The van der Waals surface area contributed by atoms with E-state index >= 15 is 0 Å². The molecule has 3 nitrogen and oxygen atoms in total. The first-order valence-electron chi connectivity index (χ1n) is 5.91. The van der Waals surface area contributed by atoms with Crippen LogP contribution in [0, 0.1) is 13.8 Å². The second-order valence-corrected chi connectivity index (χ2v) is 4.87. The first kappa shape index (κ1) is 13.4. The van der Waals surface area contributed by atoms with Crippen LogP contribution in [0.4, 0.5) is 11.4 Å². The molecule has 4 heteroatoms. The minimum Gasteiger partial charge on any atom is -0.399 e. The average Bonchev–Trinajstić information content (AvgIpc) is 2.34. The smallest absolute Gasteiger partial charge is 0.255 e. The molecule has 2 aromatic rings. The molecule has 0 fully saturated rings. The maximum Gasteiger partial charge on any atom is 0.255 e. The number of benzene rings is 2. The SMILES string of the molecule is Cc1ccccc1C(=O)Nc1c(C)cc(N)cc1Cl. The Kier molecular flexibility index (Phi) is 3.76. The molecule has 0 bridgehead atoms. The highest BCUT2D eigenvalue weighted by Crippen LogP contribution is 2.29. The molecule has 98 valence electrons. The number of hydrogen-bond acceptors (Lipinski definition) is 2. The van der Waals surface area contributed by atoms with Gasteiger partial charge in [-0.25, -0.2) is 0 Å². The molecule has 0 aliphatic carbocycles. The van der Waals surface area contributed by atoms with Crippen molar-refractivity contribution in [3.05, 3.63) is 58.1 Å². The van der Waals surface area contributed by atoms with Crippen LogP contribution in [0.1, 0.15) is 21.5 Å². The summed E-state index contributed by atoms with van der Waals surface area (Å²) in [4.78, 5) is 12.2. The molecular weight excluding hydrogens is 260 g/mol. The molecule has 0 saturated heterocycles. The highest BCUT2D eigenvalue weighted by Gasteiger charge is 2.12. The molecule has 0 radical (unpaired) electrons. The third-order valence-electron chi connectivity index (χ3n) is 2.94. The third kappa shape index (κ3) is 2.88. The summed E-state index contributed by atoms with van der Waals surface area (Å²) in [6.07, 6.45) is 0. The summed E-state index contributed by atoms with van der Waals surface area (Å²) in [7, 11) is 0. The lowest BCUT2D eigenvalue weighted by Gasteiger charge is -2.12. The maximum absolute atomic E-state index is 12.2. The van der Waals surface area contributed by atoms with Crippen molar-refractivity contribution in [3.63, 3.8) is 0 Å². The summed E-state index contributed by atoms with van der Waals surface area (Å²) in [5.74, 6) is -0.173. The summed E-state index contributed by atoms with van der Waals surface area (Å²) in [6, 6.07) is 10.8. The van der Waals surface area contributed by atoms with Gasteiger partial charge in [0.1, 0.15) is 0 Å². The van der Waals surface area contributed by atoms with E-state index in [0.717, 1.165) is 11.1 Å². The predicted octanol–water partition coefficient (Wildman–Crippen LogP) is 3.79. The van der Waals surface area contributed by atoms with Crippen LogP contribution in [-0.2, 0) is 0 Å². The van der Waals surface area contributed by atoms with Gasteiger partial charge in [0.05, 0.1) is 10.7 Å². The number of aryl methyl sites for hydroxylation is 2. The van der Waals surface area contributed by atoms with Crippen molar-refractivity contribution in [3.8, 4) is 0 Å². The number of rotatable bonds is 2. The van der Waals surface area contributed by atoms with Crippen LogP contribution in [0.25, 0.3) is 0 Å². The normalized spacial score (nSPS) is 10.3. The summed E-state index contributed by atoms with van der Waals surface area (Å²) in [5, 5.41) is 3.28. The molecule has 0 aliphatic heterocycles. The molecule has 19 heavy (non-hydrogen) atoms. The van der Waals surface area contributed by atoms with Gasteiger partial charge in [-0.1, -0.05) is 29.8 Å².